The van der Waals surface area contributed by atoms with Crippen LogP contribution in [0.2, 0.25) is 0 Å². The summed E-state index contributed by atoms with van der Waals surface area (Å²) in [6, 6.07) is 17.7. The van der Waals surface area contributed by atoms with Crippen LogP contribution in [0.4, 0.5) is 10.6 Å². The number of benzene rings is 2. The molecule has 0 bridgehead atoms. The highest BCUT2D eigenvalue weighted by atomic mass is 16.5. The summed E-state index contributed by atoms with van der Waals surface area (Å²) >= 11 is 0. The molecule has 36 heavy (non-hydrogen) atoms. The van der Waals surface area contributed by atoms with Crippen LogP contribution in [-0.2, 0) is 16.8 Å². The van der Waals surface area contributed by atoms with Crippen LogP contribution >= 0.6 is 0 Å². The van der Waals surface area contributed by atoms with Gasteiger partial charge >= 0.3 is 6.09 Å². The third kappa shape index (κ3) is 5.16. The van der Waals surface area contributed by atoms with E-state index in [2.05, 4.69) is 26.1 Å². The Kier molecular flexibility index (Phi) is 7.22. The Balaban J connectivity index is 1.49. The highest BCUT2D eigenvalue weighted by molar-refractivity contribution is 6.00. The molecule has 1 aromatic heterocycles. The molecule has 2 aromatic carbocycles. The summed E-state index contributed by atoms with van der Waals surface area (Å²) in [6.45, 7) is 1.99. The fourth-order valence-corrected chi connectivity index (χ4v) is 4.59. The number of aromatic nitrogens is 2. The van der Waals surface area contributed by atoms with Crippen LogP contribution in [0.3, 0.4) is 0 Å². The first-order valence-electron chi connectivity index (χ1n) is 11.6. The van der Waals surface area contributed by atoms with Crippen molar-refractivity contribution in [2.24, 2.45) is 5.73 Å². The zero-order chi connectivity index (χ0) is 25.7. The summed E-state index contributed by atoms with van der Waals surface area (Å²) in [4.78, 5) is 25.9. The number of nitrogens with one attached hydrogen (secondary N) is 1. The Morgan fingerprint density at radius 1 is 1.22 bits per heavy atom. The number of nitriles is 1. The Labute approximate surface area is 208 Å². The number of phenols is 1. The van der Waals surface area contributed by atoms with E-state index in [0.29, 0.717) is 32.5 Å². The summed E-state index contributed by atoms with van der Waals surface area (Å²) in [5.41, 5.74) is 7.61. The number of nitrogens with two attached hydrogens (primary N) is 1. The van der Waals surface area contributed by atoms with Gasteiger partial charge in [0, 0.05) is 31.4 Å². The summed E-state index contributed by atoms with van der Waals surface area (Å²) in [5.74, 6) is -0.505. The SMILES string of the molecule is COC(=O)Nc1nn(C2(CC#N)CCN(Cc3ccc(-c4ccccc4)c(O)c3)CC2)cc1C(N)=O. The van der Waals surface area contributed by atoms with Crippen molar-refractivity contribution in [3.63, 3.8) is 0 Å². The minimum absolute atomic E-state index is 0.00285. The molecular weight excluding hydrogens is 460 g/mol. The molecule has 0 aliphatic carbocycles. The van der Waals surface area contributed by atoms with Crippen molar-refractivity contribution in [3.05, 3.63) is 65.9 Å². The van der Waals surface area contributed by atoms with Gasteiger partial charge < -0.3 is 15.6 Å². The zero-order valence-corrected chi connectivity index (χ0v) is 20.0. The monoisotopic (exact) mass is 488 g/mol. The average molecular weight is 489 g/mol. The van der Waals surface area contributed by atoms with Crippen LogP contribution in [0, 0.1) is 11.3 Å². The van der Waals surface area contributed by atoms with Crippen LogP contribution in [0.5, 0.6) is 5.75 Å². The maximum Gasteiger partial charge on any atom is 0.412 e. The van der Waals surface area contributed by atoms with Crippen molar-refractivity contribution in [1.29, 1.82) is 5.26 Å². The van der Waals surface area contributed by atoms with E-state index in [4.69, 9.17) is 5.73 Å². The molecule has 1 fully saturated rings. The number of amides is 2. The predicted octanol–water partition coefficient (Wildman–Crippen LogP) is 3.44. The van der Waals surface area contributed by atoms with E-state index >= 15 is 0 Å². The normalized spacial score (nSPS) is 15.1. The average Bonchev–Trinajstić information content (AvgIpc) is 3.31. The number of methoxy groups -OCH3 is 1. The number of aromatic hydroxyl groups is 1. The number of likely N-dealkylation sites (tertiary alicyclic amines) is 1. The molecule has 0 spiro atoms. The molecule has 10 heteroatoms. The van der Waals surface area contributed by atoms with Gasteiger partial charge in [-0.15, -0.1) is 0 Å². The molecule has 4 N–H and O–H groups in total. The van der Waals surface area contributed by atoms with Gasteiger partial charge in [-0.3, -0.25) is 19.7 Å². The molecule has 1 saturated heterocycles. The number of carbonyl (C=O) groups is 2. The smallest absolute Gasteiger partial charge is 0.412 e. The van der Waals surface area contributed by atoms with Crippen molar-refractivity contribution in [1.82, 2.24) is 14.7 Å². The number of piperidine rings is 1. The van der Waals surface area contributed by atoms with Gasteiger partial charge in [-0.1, -0.05) is 42.5 Å². The maximum atomic E-state index is 11.9. The fraction of sp³-hybridized carbons (Fsp3) is 0.308. The minimum Gasteiger partial charge on any atom is -0.507 e. The Bertz CT molecular complexity index is 1290. The molecule has 186 valence electrons. The second-order valence-electron chi connectivity index (χ2n) is 8.87. The summed E-state index contributed by atoms with van der Waals surface area (Å²) in [5, 5.41) is 26.9. The number of nitrogens with zero attached hydrogens (tertiary/aromatic N) is 4. The van der Waals surface area contributed by atoms with Gasteiger partial charge in [0.1, 0.15) is 11.3 Å². The molecule has 2 amide bonds. The Morgan fingerprint density at radius 3 is 2.56 bits per heavy atom. The molecule has 0 saturated carbocycles. The standard InChI is InChI=1S/C26H28N6O4/c1-36-25(35)29-24-21(23(28)34)17-32(30-24)26(9-12-27)10-13-31(14-11-26)16-18-7-8-20(22(33)15-18)19-5-3-2-4-6-19/h2-8,15,17,33H,9-11,13-14,16H2,1H3,(H2,28,34)(H,29,30,35). The van der Waals surface area contributed by atoms with Gasteiger partial charge in [0.2, 0.25) is 0 Å². The molecule has 0 unspecified atom stereocenters. The van der Waals surface area contributed by atoms with Crippen molar-refractivity contribution in [2.45, 2.75) is 31.3 Å². The number of hydrogen-bond donors (Lipinski definition) is 3. The van der Waals surface area contributed by atoms with Gasteiger partial charge in [0.25, 0.3) is 5.91 Å². The van der Waals surface area contributed by atoms with Gasteiger partial charge in [0.15, 0.2) is 5.82 Å². The van der Waals surface area contributed by atoms with Crippen molar-refractivity contribution in [3.8, 4) is 22.9 Å². The first kappa shape index (κ1) is 24.8. The molecule has 10 nitrogen and oxygen atoms in total. The quantitative estimate of drug-likeness (QED) is 0.462. The summed E-state index contributed by atoms with van der Waals surface area (Å²) in [6.07, 6.45) is 2.11. The molecule has 0 radical (unpaired) electrons. The van der Waals surface area contributed by atoms with Crippen LogP contribution in [0.25, 0.3) is 11.1 Å². The molecular formula is C26H28N6O4. The van der Waals surface area contributed by atoms with Gasteiger partial charge in [0.05, 0.1) is 25.1 Å². The first-order valence-corrected chi connectivity index (χ1v) is 11.6. The lowest BCUT2D eigenvalue weighted by Crippen LogP contribution is -2.46. The number of phenolic OH excluding ortho intramolecular Hbond substituents is 1. The number of hydrogen-bond acceptors (Lipinski definition) is 7. The van der Waals surface area contributed by atoms with E-state index in [-0.39, 0.29) is 23.6 Å². The maximum absolute atomic E-state index is 11.9. The third-order valence-corrected chi connectivity index (χ3v) is 6.62. The number of carbonyl (C=O) groups excluding carboxylic acids is 2. The van der Waals surface area contributed by atoms with E-state index in [1.807, 2.05) is 42.5 Å². The van der Waals surface area contributed by atoms with E-state index in [1.165, 1.54) is 13.3 Å². The van der Waals surface area contributed by atoms with E-state index in [9.17, 15) is 20.0 Å². The van der Waals surface area contributed by atoms with Gasteiger partial charge in [-0.2, -0.15) is 10.4 Å². The van der Waals surface area contributed by atoms with E-state index in [0.717, 1.165) is 16.7 Å². The molecule has 3 aromatic rings. The number of ether oxygens (including phenoxy) is 1. The lowest BCUT2D eigenvalue weighted by molar-refractivity contribution is 0.0966. The van der Waals surface area contributed by atoms with Crippen molar-refractivity contribution in [2.75, 3.05) is 25.5 Å². The molecule has 1 aliphatic heterocycles. The van der Waals surface area contributed by atoms with Crippen LogP contribution in [0.15, 0.2) is 54.7 Å². The van der Waals surface area contributed by atoms with Crippen LogP contribution in [-0.4, -0.2) is 52.0 Å². The molecule has 4 rings (SSSR count). The lowest BCUT2D eigenvalue weighted by Gasteiger charge is -2.40. The van der Waals surface area contributed by atoms with E-state index < -0.39 is 17.5 Å². The zero-order valence-electron chi connectivity index (χ0n) is 20.0. The molecule has 2 heterocycles. The highest BCUT2D eigenvalue weighted by Gasteiger charge is 2.38. The minimum atomic E-state index is -0.770. The summed E-state index contributed by atoms with van der Waals surface area (Å²) < 4.78 is 6.18. The fourth-order valence-electron chi connectivity index (χ4n) is 4.59. The van der Waals surface area contributed by atoms with Crippen molar-refractivity contribution < 1.29 is 19.4 Å². The molecule has 1 aliphatic rings. The summed E-state index contributed by atoms with van der Waals surface area (Å²) in [7, 11) is 1.21. The van der Waals surface area contributed by atoms with Gasteiger partial charge in [-0.05, 0) is 30.0 Å². The third-order valence-electron chi connectivity index (χ3n) is 6.62. The largest absolute Gasteiger partial charge is 0.507 e. The topological polar surface area (TPSA) is 146 Å². The van der Waals surface area contributed by atoms with E-state index in [1.54, 1.807) is 10.7 Å². The Morgan fingerprint density at radius 2 is 1.94 bits per heavy atom. The van der Waals surface area contributed by atoms with Gasteiger partial charge in [-0.25, -0.2) is 4.79 Å². The van der Waals surface area contributed by atoms with Crippen LogP contribution in [0.1, 0.15) is 35.2 Å². The second-order valence-corrected chi connectivity index (χ2v) is 8.87. The highest BCUT2D eigenvalue weighted by Crippen LogP contribution is 2.36. The number of primary amides is 1. The Hall–Kier alpha value is -4.36. The van der Waals surface area contributed by atoms with Crippen molar-refractivity contribution >= 4 is 17.8 Å². The number of anilines is 1. The predicted molar refractivity (Wildman–Crippen MR) is 133 cm³/mol. The number of rotatable bonds is 7. The molecule has 0 atom stereocenters. The lowest BCUT2D eigenvalue weighted by atomic mass is 9.84. The first-order chi connectivity index (χ1) is 17.3. The second kappa shape index (κ2) is 10.5. The van der Waals surface area contributed by atoms with Crippen LogP contribution < -0.4 is 11.1 Å².